The lowest BCUT2D eigenvalue weighted by Gasteiger charge is -2.08. The number of furan rings is 1. The summed E-state index contributed by atoms with van der Waals surface area (Å²) in [6.07, 6.45) is 0.748. The van der Waals surface area contributed by atoms with E-state index in [2.05, 4.69) is 40.4 Å². The van der Waals surface area contributed by atoms with Crippen LogP contribution >= 0.6 is 15.9 Å². The smallest absolute Gasteiger partial charge is 0.287 e. The normalized spacial score (nSPS) is 10.7. The Morgan fingerprint density at radius 1 is 1.33 bits per heavy atom. The zero-order chi connectivity index (χ0) is 15.7. The van der Waals surface area contributed by atoms with Crippen molar-refractivity contribution in [1.82, 2.24) is 10.6 Å². The molecule has 0 fully saturated rings. The van der Waals surface area contributed by atoms with E-state index in [1.807, 2.05) is 0 Å². The average molecular weight is 361 g/mol. The molecular weight excluding hydrogens is 340 g/mol. The summed E-state index contributed by atoms with van der Waals surface area (Å²) in [5.41, 5.74) is 0. The van der Waals surface area contributed by atoms with Crippen molar-refractivity contribution in [2.75, 3.05) is 26.3 Å². The van der Waals surface area contributed by atoms with Crippen LogP contribution in [0.3, 0.4) is 0 Å². The molecule has 0 radical (unpaired) electrons. The van der Waals surface area contributed by atoms with E-state index < -0.39 is 5.91 Å². The van der Waals surface area contributed by atoms with Crippen LogP contribution in [0.2, 0.25) is 0 Å². The van der Waals surface area contributed by atoms with Crippen molar-refractivity contribution in [3.8, 4) is 0 Å². The monoisotopic (exact) mass is 360 g/mol. The van der Waals surface area contributed by atoms with E-state index in [-0.39, 0.29) is 18.2 Å². The minimum atomic E-state index is -0.420. The molecule has 1 heterocycles. The Balaban J connectivity index is 2.07. The molecule has 0 bridgehead atoms. The highest BCUT2D eigenvalue weighted by Gasteiger charge is 2.11. The second kappa shape index (κ2) is 9.57. The first-order chi connectivity index (χ1) is 9.99. The topological polar surface area (TPSA) is 80.6 Å². The van der Waals surface area contributed by atoms with Gasteiger partial charge in [-0.15, -0.1) is 0 Å². The van der Waals surface area contributed by atoms with Gasteiger partial charge in [-0.1, -0.05) is 13.8 Å². The van der Waals surface area contributed by atoms with Crippen molar-refractivity contribution in [1.29, 1.82) is 0 Å². The molecule has 0 unspecified atom stereocenters. The summed E-state index contributed by atoms with van der Waals surface area (Å²) in [5.74, 6) is 0.0159. The van der Waals surface area contributed by atoms with Crippen molar-refractivity contribution in [2.24, 2.45) is 5.92 Å². The van der Waals surface area contributed by atoms with Gasteiger partial charge < -0.3 is 19.8 Å². The van der Waals surface area contributed by atoms with Gasteiger partial charge in [-0.25, -0.2) is 0 Å². The van der Waals surface area contributed by atoms with Gasteiger partial charge in [0.05, 0.1) is 6.54 Å². The van der Waals surface area contributed by atoms with E-state index in [9.17, 15) is 9.59 Å². The summed E-state index contributed by atoms with van der Waals surface area (Å²) in [4.78, 5) is 23.1. The van der Waals surface area contributed by atoms with Crippen molar-refractivity contribution >= 4 is 27.7 Å². The van der Waals surface area contributed by atoms with E-state index in [1.165, 1.54) is 6.07 Å². The summed E-state index contributed by atoms with van der Waals surface area (Å²) in [6.45, 7) is 5.96. The van der Waals surface area contributed by atoms with Gasteiger partial charge in [0.2, 0.25) is 5.91 Å². The Kier molecular flexibility index (Phi) is 8.07. The molecule has 0 aromatic carbocycles. The zero-order valence-corrected chi connectivity index (χ0v) is 13.9. The van der Waals surface area contributed by atoms with Crippen molar-refractivity contribution in [2.45, 2.75) is 20.3 Å². The van der Waals surface area contributed by atoms with Crippen LogP contribution in [0.5, 0.6) is 0 Å². The fraction of sp³-hybridized carbons (Fsp3) is 0.571. The molecule has 1 aromatic rings. The van der Waals surface area contributed by atoms with Crippen LogP contribution in [-0.2, 0) is 9.53 Å². The number of amides is 2. The summed E-state index contributed by atoms with van der Waals surface area (Å²) < 4.78 is 10.9. The van der Waals surface area contributed by atoms with E-state index in [1.54, 1.807) is 6.07 Å². The van der Waals surface area contributed by atoms with Gasteiger partial charge in [-0.3, -0.25) is 9.59 Å². The predicted octanol–water partition coefficient (Wildman–Crippen LogP) is 1.95. The first-order valence-electron chi connectivity index (χ1n) is 6.87. The fourth-order valence-corrected chi connectivity index (χ4v) is 1.77. The lowest BCUT2D eigenvalue weighted by Crippen LogP contribution is -2.37. The van der Waals surface area contributed by atoms with Crippen LogP contribution in [0, 0.1) is 5.92 Å². The number of rotatable bonds is 9. The number of ether oxygens (including phenoxy) is 1. The predicted molar refractivity (Wildman–Crippen MR) is 82.0 cm³/mol. The number of carbonyl (C=O) groups is 2. The second-order valence-corrected chi connectivity index (χ2v) is 5.74. The largest absolute Gasteiger partial charge is 0.444 e. The summed E-state index contributed by atoms with van der Waals surface area (Å²) in [7, 11) is 0. The number of hydrogen-bond acceptors (Lipinski definition) is 4. The third kappa shape index (κ3) is 7.87. The first kappa shape index (κ1) is 17.7. The third-order valence-corrected chi connectivity index (χ3v) is 2.87. The van der Waals surface area contributed by atoms with Gasteiger partial charge in [0.25, 0.3) is 5.91 Å². The van der Waals surface area contributed by atoms with Gasteiger partial charge in [-0.2, -0.15) is 0 Å². The molecule has 2 N–H and O–H groups in total. The van der Waals surface area contributed by atoms with Crippen LogP contribution in [-0.4, -0.2) is 38.1 Å². The zero-order valence-electron chi connectivity index (χ0n) is 12.3. The highest BCUT2D eigenvalue weighted by Crippen LogP contribution is 2.13. The average Bonchev–Trinajstić information content (AvgIpc) is 2.86. The quantitative estimate of drug-likeness (QED) is 0.659. The Bertz CT molecular complexity index is 460. The molecule has 0 atom stereocenters. The van der Waals surface area contributed by atoms with Crippen LogP contribution in [0.15, 0.2) is 21.2 Å². The van der Waals surface area contributed by atoms with Gasteiger partial charge in [0.15, 0.2) is 10.4 Å². The van der Waals surface area contributed by atoms with Crippen molar-refractivity contribution in [3.63, 3.8) is 0 Å². The second-order valence-electron chi connectivity index (χ2n) is 4.96. The Labute approximate surface area is 132 Å². The molecule has 0 aliphatic carbocycles. The highest BCUT2D eigenvalue weighted by molar-refractivity contribution is 9.10. The van der Waals surface area contributed by atoms with Gasteiger partial charge in [-0.05, 0) is 40.4 Å². The van der Waals surface area contributed by atoms with Crippen molar-refractivity contribution in [3.05, 3.63) is 22.6 Å². The van der Waals surface area contributed by atoms with Gasteiger partial charge >= 0.3 is 0 Å². The summed E-state index contributed by atoms with van der Waals surface area (Å²) in [5, 5.41) is 5.19. The molecule has 0 saturated carbocycles. The molecule has 1 aromatic heterocycles. The minimum Gasteiger partial charge on any atom is -0.444 e. The molecular formula is C14H21BrN2O4. The molecule has 0 aliphatic heterocycles. The lowest BCUT2D eigenvalue weighted by atomic mass is 10.2. The Morgan fingerprint density at radius 3 is 2.71 bits per heavy atom. The SMILES string of the molecule is CC(C)COCCCNC(=O)CNC(=O)c1ccc(Br)o1. The van der Waals surface area contributed by atoms with Crippen molar-refractivity contribution < 1.29 is 18.7 Å². The lowest BCUT2D eigenvalue weighted by molar-refractivity contribution is -0.120. The number of carbonyl (C=O) groups excluding carboxylic acids is 2. The molecule has 2 amide bonds. The minimum absolute atomic E-state index is 0.0794. The number of hydrogen-bond donors (Lipinski definition) is 2. The molecule has 0 spiro atoms. The Hall–Kier alpha value is -1.34. The maximum Gasteiger partial charge on any atom is 0.287 e. The standard InChI is InChI=1S/C14H21BrN2O4/c1-10(2)9-20-7-3-6-16-13(18)8-17-14(19)11-4-5-12(15)21-11/h4-5,10H,3,6-9H2,1-2H3,(H,16,18)(H,17,19). The van der Waals surface area contributed by atoms with Crippen LogP contribution in [0.25, 0.3) is 0 Å². The van der Waals surface area contributed by atoms with Gasteiger partial charge in [0, 0.05) is 19.8 Å². The third-order valence-electron chi connectivity index (χ3n) is 2.45. The van der Waals surface area contributed by atoms with Gasteiger partial charge in [0.1, 0.15) is 0 Å². The Morgan fingerprint density at radius 2 is 2.10 bits per heavy atom. The maximum absolute atomic E-state index is 11.6. The molecule has 7 heteroatoms. The number of halogens is 1. The van der Waals surface area contributed by atoms with E-state index in [0.717, 1.165) is 13.0 Å². The molecule has 21 heavy (non-hydrogen) atoms. The summed E-state index contributed by atoms with van der Waals surface area (Å²) in [6, 6.07) is 3.15. The first-order valence-corrected chi connectivity index (χ1v) is 7.66. The van der Waals surface area contributed by atoms with E-state index in [4.69, 9.17) is 9.15 Å². The molecule has 6 nitrogen and oxygen atoms in total. The summed E-state index contributed by atoms with van der Waals surface area (Å²) >= 11 is 3.11. The van der Waals surface area contributed by atoms with Crippen LogP contribution in [0.1, 0.15) is 30.8 Å². The maximum atomic E-state index is 11.6. The molecule has 1 rings (SSSR count). The molecule has 118 valence electrons. The number of nitrogens with one attached hydrogen (secondary N) is 2. The molecule has 0 saturated heterocycles. The van der Waals surface area contributed by atoms with Crippen LogP contribution < -0.4 is 10.6 Å². The molecule has 0 aliphatic rings. The van der Waals surface area contributed by atoms with E-state index in [0.29, 0.717) is 23.7 Å². The van der Waals surface area contributed by atoms with E-state index >= 15 is 0 Å². The fourth-order valence-electron chi connectivity index (χ4n) is 1.47. The van der Waals surface area contributed by atoms with Crippen LogP contribution in [0.4, 0.5) is 0 Å². The highest BCUT2D eigenvalue weighted by atomic mass is 79.9.